The second-order valence-corrected chi connectivity index (χ2v) is 11.4. The van der Waals surface area contributed by atoms with E-state index in [1.807, 2.05) is 72.8 Å². The minimum absolute atomic E-state index is 0.157. The van der Waals surface area contributed by atoms with Gasteiger partial charge in [-0.2, -0.15) is 0 Å². The zero-order valence-corrected chi connectivity index (χ0v) is 25.4. The summed E-state index contributed by atoms with van der Waals surface area (Å²) in [6, 6.07) is 22.8. The first-order chi connectivity index (χ1) is 18.3. The molecule has 0 saturated heterocycles. The Bertz CT molecular complexity index is 1180. The maximum absolute atomic E-state index is 13.7. The summed E-state index contributed by atoms with van der Waals surface area (Å²) in [7, 11) is 0. The molecule has 0 aliphatic rings. The van der Waals surface area contributed by atoms with Gasteiger partial charge in [0.1, 0.15) is 11.8 Å². The van der Waals surface area contributed by atoms with E-state index in [9.17, 15) is 9.59 Å². The molecule has 7 heteroatoms. The number of carbonyl (C=O) groups excluding carboxylic acids is 2. The molecular weight excluding hydrogens is 608 g/mol. The van der Waals surface area contributed by atoms with Crippen LogP contribution in [0.3, 0.4) is 0 Å². The number of nitrogens with one attached hydrogen (secondary N) is 1. The number of amides is 2. The minimum atomic E-state index is -0.680. The number of halogens is 2. The molecule has 3 aromatic rings. The van der Waals surface area contributed by atoms with Crippen LogP contribution >= 0.6 is 31.9 Å². The first-order valence-corrected chi connectivity index (χ1v) is 14.6. The van der Waals surface area contributed by atoms with Gasteiger partial charge in [0.05, 0.1) is 4.47 Å². The average Bonchev–Trinajstić information content (AvgIpc) is 2.91. The normalized spacial score (nSPS) is 11.7. The summed E-state index contributed by atoms with van der Waals surface area (Å²) in [6.07, 6.45) is 2.27. The summed E-state index contributed by atoms with van der Waals surface area (Å²) in [5.74, 6) is 0.571. The van der Waals surface area contributed by atoms with Crippen LogP contribution in [0.5, 0.6) is 5.75 Å². The molecule has 0 aliphatic heterocycles. The van der Waals surface area contributed by atoms with Crippen molar-refractivity contribution < 1.29 is 14.3 Å². The highest BCUT2D eigenvalue weighted by molar-refractivity contribution is 9.10. The SMILES string of the molecule is CCCCNC(=O)[C@H](Cc1ccccc1)N(Cc1ccc(Br)cc1)C(=O)COc1ccc(C(C)C)cc1Br. The molecule has 202 valence electrons. The van der Waals surface area contributed by atoms with Gasteiger partial charge in [-0.05, 0) is 69.2 Å². The molecule has 0 spiro atoms. The second kappa shape index (κ2) is 15.1. The van der Waals surface area contributed by atoms with Gasteiger partial charge in [-0.3, -0.25) is 9.59 Å². The first-order valence-electron chi connectivity index (χ1n) is 13.1. The van der Waals surface area contributed by atoms with Crippen LogP contribution in [0.1, 0.15) is 56.2 Å². The van der Waals surface area contributed by atoms with Gasteiger partial charge < -0.3 is 15.0 Å². The number of unbranched alkanes of at least 4 members (excludes halogenated alkanes) is 1. The van der Waals surface area contributed by atoms with Crippen LogP contribution in [0.15, 0.2) is 81.7 Å². The predicted octanol–water partition coefficient (Wildman–Crippen LogP) is 7.27. The average molecular weight is 644 g/mol. The van der Waals surface area contributed by atoms with E-state index in [4.69, 9.17) is 4.74 Å². The largest absolute Gasteiger partial charge is 0.483 e. The number of hydrogen-bond donors (Lipinski definition) is 1. The Morgan fingerprint density at radius 2 is 1.66 bits per heavy atom. The smallest absolute Gasteiger partial charge is 0.261 e. The van der Waals surface area contributed by atoms with E-state index in [2.05, 4.69) is 57.9 Å². The molecule has 1 N–H and O–H groups in total. The lowest BCUT2D eigenvalue weighted by Crippen LogP contribution is -2.51. The molecule has 5 nitrogen and oxygen atoms in total. The molecule has 1 atom stereocenters. The standard InChI is InChI=1S/C31H36Br2N2O3/c1-4-5-17-34-31(37)28(18-23-9-7-6-8-10-23)35(20-24-11-14-26(32)15-12-24)30(36)21-38-29-16-13-25(22(2)3)19-27(29)33/h6-16,19,22,28H,4-5,17-18,20-21H2,1-3H3,(H,34,37)/t28-/m0/s1. The number of benzene rings is 3. The lowest BCUT2D eigenvalue weighted by Gasteiger charge is -2.31. The van der Waals surface area contributed by atoms with E-state index in [-0.39, 0.29) is 18.4 Å². The highest BCUT2D eigenvalue weighted by atomic mass is 79.9. The maximum Gasteiger partial charge on any atom is 0.261 e. The lowest BCUT2D eigenvalue weighted by molar-refractivity contribution is -0.142. The van der Waals surface area contributed by atoms with Crippen molar-refractivity contribution in [2.75, 3.05) is 13.2 Å². The first kappa shape index (κ1) is 29.9. The van der Waals surface area contributed by atoms with Crippen molar-refractivity contribution in [1.29, 1.82) is 0 Å². The Kier molecular flexibility index (Phi) is 11.9. The Balaban J connectivity index is 1.88. The van der Waals surface area contributed by atoms with E-state index in [1.54, 1.807) is 4.90 Å². The Morgan fingerprint density at radius 3 is 2.29 bits per heavy atom. The molecule has 0 bridgehead atoms. The van der Waals surface area contributed by atoms with Crippen LogP contribution in [0.25, 0.3) is 0 Å². The predicted molar refractivity (Wildman–Crippen MR) is 160 cm³/mol. The summed E-state index contributed by atoms with van der Waals surface area (Å²) in [5.41, 5.74) is 3.10. The summed E-state index contributed by atoms with van der Waals surface area (Å²) in [6.45, 7) is 7.03. The third-order valence-electron chi connectivity index (χ3n) is 6.34. The maximum atomic E-state index is 13.7. The van der Waals surface area contributed by atoms with Crippen molar-refractivity contribution in [2.24, 2.45) is 0 Å². The van der Waals surface area contributed by atoms with Crippen molar-refractivity contribution in [2.45, 2.75) is 58.5 Å². The summed E-state index contributed by atoms with van der Waals surface area (Å²) < 4.78 is 7.73. The minimum Gasteiger partial charge on any atom is -0.483 e. The number of rotatable bonds is 13. The lowest BCUT2D eigenvalue weighted by atomic mass is 10.0. The van der Waals surface area contributed by atoms with Crippen molar-refractivity contribution in [1.82, 2.24) is 10.2 Å². The van der Waals surface area contributed by atoms with Gasteiger partial charge in [0.15, 0.2) is 6.61 Å². The van der Waals surface area contributed by atoms with Gasteiger partial charge in [-0.25, -0.2) is 0 Å². The van der Waals surface area contributed by atoms with E-state index >= 15 is 0 Å². The fraction of sp³-hybridized carbons (Fsp3) is 0.355. The molecule has 3 aromatic carbocycles. The van der Waals surface area contributed by atoms with Gasteiger partial charge in [0, 0.05) is 24.0 Å². The van der Waals surface area contributed by atoms with Gasteiger partial charge in [0.25, 0.3) is 5.91 Å². The highest BCUT2D eigenvalue weighted by Crippen LogP contribution is 2.29. The molecule has 2 amide bonds. The van der Waals surface area contributed by atoms with Crippen LogP contribution in [0.4, 0.5) is 0 Å². The van der Waals surface area contributed by atoms with Crippen LogP contribution in [-0.4, -0.2) is 35.9 Å². The van der Waals surface area contributed by atoms with Gasteiger partial charge in [-0.1, -0.05) is 91.7 Å². The Labute approximate surface area is 243 Å². The molecule has 0 radical (unpaired) electrons. The van der Waals surface area contributed by atoms with E-state index in [1.165, 1.54) is 5.56 Å². The van der Waals surface area contributed by atoms with Crippen LogP contribution in [0.2, 0.25) is 0 Å². The molecule has 38 heavy (non-hydrogen) atoms. The van der Waals surface area contributed by atoms with Gasteiger partial charge in [-0.15, -0.1) is 0 Å². The van der Waals surface area contributed by atoms with Crippen molar-refractivity contribution in [3.8, 4) is 5.75 Å². The highest BCUT2D eigenvalue weighted by Gasteiger charge is 2.30. The number of ether oxygens (including phenoxy) is 1. The molecule has 0 heterocycles. The zero-order valence-electron chi connectivity index (χ0n) is 22.3. The molecule has 0 saturated carbocycles. The van der Waals surface area contributed by atoms with Crippen LogP contribution in [0, 0.1) is 0 Å². The molecule has 0 aliphatic carbocycles. The topological polar surface area (TPSA) is 58.6 Å². The van der Waals surface area contributed by atoms with Crippen LogP contribution < -0.4 is 10.1 Å². The second-order valence-electron chi connectivity index (χ2n) is 9.63. The Hall–Kier alpha value is -2.64. The van der Waals surface area contributed by atoms with Crippen LogP contribution in [-0.2, 0) is 22.6 Å². The Morgan fingerprint density at radius 1 is 0.947 bits per heavy atom. The fourth-order valence-corrected chi connectivity index (χ4v) is 4.84. The van der Waals surface area contributed by atoms with E-state index in [0.29, 0.717) is 31.2 Å². The molecular formula is C31H36Br2N2O3. The fourth-order valence-electron chi connectivity index (χ4n) is 4.06. The zero-order chi connectivity index (χ0) is 27.5. The van der Waals surface area contributed by atoms with Gasteiger partial charge >= 0.3 is 0 Å². The third kappa shape index (κ3) is 8.98. The third-order valence-corrected chi connectivity index (χ3v) is 7.49. The van der Waals surface area contributed by atoms with E-state index in [0.717, 1.165) is 32.9 Å². The monoisotopic (exact) mass is 642 g/mol. The summed E-state index contributed by atoms with van der Waals surface area (Å²) in [5, 5.41) is 3.05. The van der Waals surface area contributed by atoms with Crippen molar-refractivity contribution in [3.63, 3.8) is 0 Å². The summed E-state index contributed by atoms with van der Waals surface area (Å²) >= 11 is 7.05. The molecule has 3 rings (SSSR count). The number of nitrogens with zero attached hydrogens (tertiary/aromatic N) is 1. The molecule has 0 fully saturated rings. The number of carbonyl (C=O) groups is 2. The van der Waals surface area contributed by atoms with Crippen molar-refractivity contribution in [3.05, 3.63) is 98.4 Å². The molecule has 0 aromatic heterocycles. The van der Waals surface area contributed by atoms with Crippen molar-refractivity contribution >= 4 is 43.7 Å². The quantitative estimate of drug-likeness (QED) is 0.199. The van der Waals surface area contributed by atoms with Gasteiger partial charge in [0.2, 0.25) is 5.91 Å². The van der Waals surface area contributed by atoms with E-state index < -0.39 is 6.04 Å². The number of hydrogen-bond acceptors (Lipinski definition) is 3. The summed E-state index contributed by atoms with van der Waals surface area (Å²) in [4.78, 5) is 28.9. The molecule has 0 unspecified atom stereocenters.